The van der Waals surface area contributed by atoms with Crippen LogP contribution in [0.25, 0.3) is 0 Å². The van der Waals surface area contributed by atoms with Crippen LogP contribution in [0.1, 0.15) is 18.1 Å². The number of rotatable bonds is 5. The van der Waals surface area contributed by atoms with Crippen LogP contribution in [0.2, 0.25) is 0 Å². The number of para-hydroxylation sites is 1. The van der Waals surface area contributed by atoms with Gasteiger partial charge in [0, 0.05) is 13.1 Å². The van der Waals surface area contributed by atoms with E-state index in [1.807, 2.05) is 30.3 Å². The Labute approximate surface area is 122 Å². The first-order valence-corrected chi connectivity index (χ1v) is 7.00. The Balaban J connectivity index is 1.48. The van der Waals surface area contributed by atoms with Gasteiger partial charge in [0.25, 0.3) is 0 Å². The van der Waals surface area contributed by atoms with Gasteiger partial charge in [0.1, 0.15) is 12.4 Å². The summed E-state index contributed by atoms with van der Waals surface area (Å²) in [5.74, 6) is 3.02. The summed E-state index contributed by atoms with van der Waals surface area (Å²) in [6.07, 6.45) is 1.08. The monoisotopic (exact) mass is 286 g/mol. The topological polar surface area (TPSA) is 87.2 Å². The van der Waals surface area contributed by atoms with Gasteiger partial charge in [0.05, 0.1) is 6.54 Å². The van der Waals surface area contributed by atoms with E-state index < -0.39 is 0 Å². The van der Waals surface area contributed by atoms with Gasteiger partial charge in [-0.25, -0.2) is 4.98 Å². The van der Waals surface area contributed by atoms with E-state index in [-0.39, 0.29) is 0 Å². The SMILES string of the molecule is c1ccc(OCc2nc(CNC3=NCCCN3)n[nH]2)cc1. The third kappa shape index (κ3) is 3.95. The third-order valence-electron chi connectivity index (χ3n) is 3.01. The van der Waals surface area contributed by atoms with Crippen LogP contribution in [0.3, 0.4) is 0 Å². The van der Waals surface area contributed by atoms with Gasteiger partial charge in [0.15, 0.2) is 17.6 Å². The minimum absolute atomic E-state index is 0.371. The first-order valence-electron chi connectivity index (χ1n) is 7.00. The number of guanidine groups is 1. The molecule has 0 unspecified atom stereocenters. The van der Waals surface area contributed by atoms with Crippen LogP contribution in [0.15, 0.2) is 35.3 Å². The second-order valence-electron chi connectivity index (χ2n) is 4.66. The maximum Gasteiger partial charge on any atom is 0.191 e. The van der Waals surface area contributed by atoms with E-state index in [2.05, 4.69) is 30.8 Å². The average molecular weight is 286 g/mol. The van der Waals surface area contributed by atoms with Crippen LogP contribution in [-0.4, -0.2) is 34.2 Å². The summed E-state index contributed by atoms with van der Waals surface area (Å²) >= 11 is 0. The summed E-state index contributed by atoms with van der Waals surface area (Å²) in [5.41, 5.74) is 0. The number of ether oxygens (including phenoxy) is 1. The van der Waals surface area contributed by atoms with E-state index >= 15 is 0 Å². The highest BCUT2D eigenvalue weighted by atomic mass is 16.5. The van der Waals surface area contributed by atoms with Crippen molar-refractivity contribution in [2.24, 2.45) is 4.99 Å². The Bertz CT molecular complexity index is 595. The maximum absolute atomic E-state index is 5.61. The Kier molecular flexibility index (Phi) is 4.30. The van der Waals surface area contributed by atoms with Crippen molar-refractivity contribution < 1.29 is 4.74 Å². The van der Waals surface area contributed by atoms with E-state index in [1.54, 1.807) is 0 Å². The number of hydrogen-bond donors (Lipinski definition) is 3. The molecule has 3 rings (SSSR count). The Morgan fingerprint density at radius 2 is 2.14 bits per heavy atom. The predicted octanol–water partition coefficient (Wildman–Crippen LogP) is 0.823. The summed E-state index contributed by atoms with van der Waals surface area (Å²) in [7, 11) is 0. The molecular formula is C14H18N6O. The Morgan fingerprint density at radius 1 is 1.24 bits per heavy atom. The lowest BCUT2D eigenvalue weighted by Gasteiger charge is -2.14. The van der Waals surface area contributed by atoms with E-state index in [0.29, 0.717) is 24.8 Å². The number of aromatic nitrogens is 3. The van der Waals surface area contributed by atoms with Crippen LogP contribution in [-0.2, 0) is 13.2 Å². The first-order chi connectivity index (χ1) is 10.4. The van der Waals surface area contributed by atoms with Gasteiger partial charge in [-0.15, -0.1) is 0 Å². The molecule has 7 heteroatoms. The number of nitrogens with one attached hydrogen (secondary N) is 3. The largest absolute Gasteiger partial charge is 0.486 e. The first kappa shape index (κ1) is 13.4. The number of H-pyrrole nitrogens is 1. The second-order valence-corrected chi connectivity index (χ2v) is 4.66. The molecular weight excluding hydrogens is 268 g/mol. The zero-order chi connectivity index (χ0) is 14.3. The van der Waals surface area contributed by atoms with Crippen LogP contribution in [0.5, 0.6) is 5.75 Å². The van der Waals surface area contributed by atoms with Gasteiger partial charge in [0.2, 0.25) is 0 Å². The molecule has 0 spiro atoms. The molecule has 0 radical (unpaired) electrons. The summed E-state index contributed by atoms with van der Waals surface area (Å²) in [4.78, 5) is 8.70. The number of aromatic amines is 1. The molecule has 0 fully saturated rings. The van der Waals surface area contributed by atoms with Crippen molar-refractivity contribution in [2.75, 3.05) is 13.1 Å². The van der Waals surface area contributed by atoms with Gasteiger partial charge < -0.3 is 15.4 Å². The second kappa shape index (κ2) is 6.74. The normalized spacial score (nSPS) is 14.2. The van der Waals surface area contributed by atoms with E-state index in [0.717, 1.165) is 31.2 Å². The standard InChI is InChI=1S/C14H18N6O/c1-2-5-11(6-3-1)21-10-13-18-12(19-20-13)9-17-14-15-7-4-8-16-14/h1-3,5-6H,4,7-10H2,(H2,15,16,17)(H,18,19,20). The molecule has 2 aromatic rings. The molecule has 0 atom stereocenters. The number of aliphatic imine (C=N–C) groups is 1. The summed E-state index contributed by atoms with van der Waals surface area (Å²) < 4.78 is 5.61. The third-order valence-corrected chi connectivity index (χ3v) is 3.01. The minimum Gasteiger partial charge on any atom is -0.486 e. The van der Waals surface area contributed by atoms with Crippen LogP contribution >= 0.6 is 0 Å². The Morgan fingerprint density at radius 3 is 2.95 bits per heavy atom. The molecule has 1 aliphatic rings. The fourth-order valence-corrected chi connectivity index (χ4v) is 1.96. The van der Waals surface area contributed by atoms with Gasteiger partial charge in [-0.2, -0.15) is 5.10 Å². The maximum atomic E-state index is 5.61. The fraction of sp³-hybridized carbons (Fsp3) is 0.357. The molecule has 1 aliphatic heterocycles. The highest BCUT2D eigenvalue weighted by Crippen LogP contribution is 2.09. The van der Waals surface area contributed by atoms with Gasteiger partial charge in [-0.05, 0) is 18.6 Å². The van der Waals surface area contributed by atoms with Crippen molar-refractivity contribution in [3.05, 3.63) is 42.0 Å². The molecule has 0 bridgehead atoms. The summed E-state index contributed by atoms with van der Waals surface area (Å²) in [6, 6.07) is 9.64. The molecule has 0 saturated carbocycles. The van der Waals surface area contributed by atoms with E-state index in [9.17, 15) is 0 Å². The Hall–Kier alpha value is -2.57. The lowest BCUT2D eigenvalue weighted by Crippen LogP contribution is -2.40. The minimum atomic E-state index is 0.371. The number of nitrogens with zero attached hydrogens (tertiary/aromatic N) is 3. The lowest BCUT2D eigenvalue weighted by atomic mass is 10.3. The van der Waals surface area contributed by atoms with Crippen molar-refractivity contribution in [1.29, 1.82) is 0 Å². The van der Waals surface area contributed by atoms with Crippen molar-refractivity contribution in [2.45, 2.75) is 19.6 Å². The molecule has 110 valence electrons. The van der Waals surface area contributed by atoms with E-state index in [4.69, 9.17) is 4.74 Å². The molecule has 0 amide bonds. The van der Waals surface area contributed by atoms with Gasteiger partial charge in [-0.1, -0.05) is 18.2 Å². The average Bonchev–Trinajstić information content (AvgIpc) is 3.01. The molecule has 2 heterocycles. The van der Waals surface area contributed by atoms with Crippen LogP contribution in [0, 0.1) is 0 Å². The molecule has 0 saturated heterocycles. The quantitative estimate of drug-likeness (QED) is 0.757. The smallest absolute Gasteiger partial charge is 0.191 e. The molecule has 7 nitrogen and oxygen atoms in total. The van der Waals surface area contributed by atoms with Crippen molar-refractivity contribution in [3.63, 3.8) is 0 Å². The van der Waals surface area contributed by atoms with Crippen molar-refractivity contribution in [1.82, 2.24) is 25.8 Å². The molecule has 3 N–H and O–H groups in total. The number of hydrogen-bond acceptors (Lipinski definition) is 6. The molecule has 0 aliphatic carbocycles. The fourth-order valence-electron chi connectivity index (χ4n) is 1.96. The highest BCUT2D eigenvalue weighted by molar-refractivity contribution is 5.80. The van der Waals surface area contributed by atoms with Crippen molar-refractivity contribution >= 4 is 5.96 Å². The van der Waals surface area contributed by atoms with Gasteiger partial charge >= 0.3 is 0 Å². The number of benzene rings is 1. The van der Waals surface area contributed by atoms with Crippen molar-refractivity contribution in [3.8, 4) is 5.75 Å². The lowest BCUT2D eigenvalue weighted by molar-refractivity contribution is 0.296. The van der Waals surface area contributed by atoms with Crippen LogP contribution in [0.4, 0.5) is 0 Å². The summed E-state index contributed by atoms with van der Waals surface area (Å²) in [5, 5.41) is 13.4. The predicted molar refractivity (Wildman–Crippen MR) is 78.9 cm³/mol. The molecule has 21 heavy (non-hydrogen) atoms. The highest BCUT2D eigenvalue weighted by Gasteiger charge is 2.07. The summed E-state index contributed by atoms with van der Waals surface area (Å²) in [6.45, 7) is 2.72. The molecule has 1 aromatic heterocycles. The zero-order valence-electron chi connectivity index (χ0n) is 11.7. The van der Waals surface area contributed by atoms with Gasteiger partial charge in [-0.3, -0.25) is 10.1 Å². The molecule has 1 aromatic carbocycles. The van der Waals surface area contributed by atoms with E-state index in [1.165, 1.54) is 0 Å². The van der Waals surface area contributed by atoms with Crippen LogP contribution < -0.4 is 15.4 Å². The zero-order valence-corrected chi connectivity index (χ0v) is 11.7.